The molecule has 0 heterocycles. The summed E-state index contributed by atoms with van der Waals surface area (Å²) in [4.78, 5) is 10.7. The number of rotatable bonds is 4. The second kappa shape index (κ2) is 5.05. The molecule has 5 heteroatoms. The molecule has 3 nitrogen and oxygen atoms in total. The van der Waals surface area contributed by atoms with Crippen molar-refractivity contribution in [1.29, 1.82) is 0 Å². The highest BCUT2D eigenvalue weighted by Gasteiger charge is 2.13. The number of hydrogen-bond donors (Lipinski definition) is 2. The van der Waals surface area contributed by atoms with Gasteiger partial charge in [0.1, 0.15) is 6.04 Å². The quantitative estimate of drug-likeness (QED) is 0.802. The molecule has 0 radical (unpaired) electrons. The minimum atomic E-state index is -1.02. The Kier molecular flexibility index (Phi) is 4.00. The third-order valence-electron chi connectivity index (χ3n) is 1.74. The molecule has 1 unspecified atom stereocenters. The van der Waals surface area contributed by atoms with Gasteiger partial charge >= 0.3 is 5.97 Å². The van der Waals surface area contributed by atoms with Crippen molar-refractivity contribution >= 4 is 34.9 Å². The van der Waals surface area contributed by atoms with Crippen molar-refractivity contribution in [3.05, 3.63) is 40.9 Å². The Bertz CT molecular complexity index is 393. The van der Waals surface area contributed by atoms with Crippen LogP contribution in [0.5, 0.6) is 0 Å². The van der Waals surface area contributed by atoms with E-state index in [4.69, 9.17) is 28.3 Å². The van der Waals surface area contributed by atoms with Gasteiger partial charge < -0.3 is 10.4 Å². The molecule has 1 rings (SSSR count). The Balaban J connectivity index is 2.88. The summed E-state index contributed by atoms with van der Waals surface area (Å²) in [6, 6.07) is 3.90. The summed E-state index contributed by atoms with van der Waals surface area (Å²) in [7, 11) is 0. The highest BCUT2D eigenvalue weighted by molar-refractivity contribution is 6.36. The van der Waals surface area contributed by atoms with Gasteiger partial charge in [-0.05, 0) is 18.2 Å². The van der Waals surface area contributed by atoms with Gasteiger partial charge in [0.25, 0.3) is 0 Å². The number of benzene rings is 1. The smallest absolute Gasteiger partial charge is 0.330 e. The number of nitrogens with one attached hydrogen (secondary N) is 1. The number of carbonyl (C=O) groups is 1. The fraction of sp³-hybridized carbons (Fsp3) is 0.100. The summed E-state index contributed by atoms with van der Waals surface area (Å²) in [5, 5.41) is 12.4. The lowest BCUT2D eigenvalue weighted by Gasteiger charge is -2.12. The normalized spacial score (nSPS) is 11.9. The molecule has 0 aliphatic heterocycles. The molecule has 0 amide bonds. The molecule has 0 aliphatic rings. The maximum absolute atomic E-state index is 10.7. The predicted molar refractivity (Wildman–Crippen MR) is 61.7 cm³/mol. The van der Waals surface area contributed by atoms with Gasteiger partial charge in [-0.15, -0.1) is 6.58 Å². The Morgan fingerprint density at radius 1 is 1.53 bits per heavy atom. The molecule has 1 atom stereocenters. The van der Waals surface area contributed by atoms with E-state index in [9.17, 15) is 4.79 Å². The third kappa shape index (κ3) is 3.15. The Hall–Kier alpha value is -1.19. The highest BCUT2D eigenvalue weighted by Crippen LogP contribution is 2.25. The summed E-state index contributed by atoms with van der Waals surface area (Å²) in [5.41, 5.74) is 0.508. The molecule has 1 aromatic carbocycles. The molecule has 80 valence electrons. The average Bonchev–Trinajstić information content (AvgIpc) is 2.16. The van der Waals surface area contributed by atoms with Crippen LogP contribution in [-0.4, -0.2) is 17.1 Å². The van der Waals surface area contributed by atoms with Crippen LogP contribution in [0.1, 0.15) is 0 Å². The lowest BCUT2D eigenvalue weighted by atomic mass is 10.2. The number of anilines is 1. The van der Waals surface area contributed by atoms with E-state index >= 15 is 0 Å². The van der Waals surface area contributed by atoms with Gasteiger partial charge in [-0.2, -0.15) is 0 Å². The van der Waals surface area contributed by atoms with Gasteiger partial charge in [0.15, 0.2) is 0 Å². The SMILES string of the molecule is C=CC(Nc1ccc(Cl)cc1Cl)C(=O)O. The van der Waals surface area contributed by atoms with Gasteiger partial charge in [-0.3, -0.25) is 0 Å². The van der Waals surface area contributed by atoms with E-state index in [1.54, 1.807) is 12.1 Å². The van der Waals surface area contributed by atoms with Crippen LogP contribution in [0.4, 0.5) is 5.69 Å². The topological polar surface area (TPSA) is 49.3 Å². The molecule has 0 aliphatic carbocycles. The lowest BCUT2D eigenvalue weighted by Crippen LogP contribution is -2.26. The molecule has 1 aromatic rings. The number of aliphatic carboxylic acids is 1. The van der Waals surface area contributed by atoms with E-state index in [1.807, 2.05) is 0 Å². The first kappa shape index (κ1) is 11.9. The molecule has 15 heavy (non-hydrogen) atoms. The van der Waals surface area contributed by atoms with Crippen LogP contribution in [0.15, 0.2) is 30.9 Å². The van der Waals surface area contributed by atoms with Gasteiger partial charge in [-0.1, -0.05) is 29.3 Å². The molecule has 0 aromatic heterocycles. The summed E-state index contributed by atoms with van der Waals surface area (Å²) in [5.74, 6) is -1.02. The van der Waals surface area contributed by atoms with Crippen molar-refractivity contribution in [3.63, 3.8) is 0 Å². The fourth-order valence-corrected chi connectivity index (χ4v) is 1.46. The van der Waals surface area contributed by atoms with Crippen molar-refractivity contribution in [1.82, 2.24) is 0 Å². The van der Waals surface area contributed by atoms with E-state index in [0.29, 0.717) is 15.7 Å². The van der Waals surface area contributed by atoms with E-state index in [0.717, 1.165) is 0 Å². The average molecular weight is 246 g/mol. The number of carboxylic acid groups (broad SMARTS) is 1. The number of halogens is 2. The first-order valence-corrected chi connectivity index (χ1v) is 4.87. The van der Waals surface area contributed by atoms with E-state index in [2.05, 4.69) is 11.9 Å². The van der Waals surface area contributed by atoms with Crippen LogP contribution in [0.3, 0.4) is 0 Å². The molecular formula is C10H9Cl2NO2. The third-order valence-corrected chi connectivity index (χ3v) is 2.29. The molecule has 2 N–H and O–H groups in total. The predicted octanol–water partition coefficient (Wildman–Crippen LogP) is 3.04. The van der Waals surface area contributed by atoms with Crippen molar-refractivity contribution in [3.8, 4) is 0 Å². The van der Waals surface area contributed by atoms with E-state index in [-0.39, 0.29) is 0 Å². The molecule has 0 saturated heterocycles. The van der Waals surface area contributed by atoms with Crippen LogP contribution in [0.25, 0.3) is 0 Å². The van der Waals surface area contributed by atoms with Crippen molar-refractivity contribution in [2.75, 3.05) is 5.32 Å². The minimum Gasteiger partial charge on any atom is -0.479 e. The molecular weight excluding hydrogens is 237 g/mol. The Morgan fingerprint density at radius 2 is 2.20 bits per heavy atom. The van der Waals surface area contributed by atoms with Crippen molar-refractivity contribution in [2.45, 2.75) is 6.04 Å². The number of carboxylic acids is 1. The zero-order valence-corrected chi connectivity index (χ0v) is 9.22. The van der Waals surface area contributed by atoms with Crippen molar-refractivity contribution < 1.29 is 9.90 Å². The lowest BCUT2D eigenvalue weighted by molar-refractivity contribution is -0.136. The van der Waals surface area contributed by atoms with Crippen molar-refractivity contribution in [2.24, 2.45) is 0 Å². The maximum atomic E-state index is 10.7. The summed E-state index contributed by atoms with van der Waals surface area (Å²) in [6.07, 6.45) is 1.28. The van der Waals surface area contributed by atoms with Crippen LogP contribution >= 0.6 is 23.2 Å². The van der Waals surface area contributed by atoms with Crippen LogP contribution in [-0.2, 0) is 4.79 Å². The molecule has 0 fully saturated rings. The first-order chi connectivity index (χ1) is 7.04. The van der Waals surface area contributed by atoms with Crippen LogP contribution < -0.4 is 5.32 Å². The molecule has 0 saturated carbocycles. The summed E-state index contributed by atoms with van der Waals surface area (Å²) in [6.45, 7) is 3.41. The Labute approximate surface area is 97.3 Å². The molecule has 0 bridgehead atoms. The highest BCUT2D eigenvalue weighted by atomic mass is 35.5. The summed E-state index contributed by atoms with van der Waals surface area (Å²) < 4.78 is 0. The van der Waals surface area contributed by atoms with E-state index < -0.39 is 12.0 Å². The van der Waals surface area contributed by atoms with Crippen LogP contribution in [0, 0.1) is 0 Å². The molecule has 0 spiro atoms. The van der Waals surface area contributed by atoms with Gasteiger partial charge in [0.2, 0.25) is 0 Å². The van der Waals surface area contributed by atoms with E-state index in [1.165, 1.54) is 12.1 Å². The van der Waals surface area contributed by atoms with Gasteiger partial charge in [0, 0.05) is 5.02 Å². The van der Waals surface area contributed by atoms with Gasteiger partial charge in [0.05, 0.1) is 10.7 Å². The largest absolute Gasteiger partial charge is 0.479 e. The zero-order chi connectivity index (χ0) is 11.4. The first-order valence-electron chi connectivity index (χ1n) is 4.11. The van der Waals surface area contributed by atoms with Crippen LogP contribution in [0.2, 0.25) is 10.0 Å². The monoisotopic (exact) mass is 245 g/mol. The second-order valence-electron chi connectivity index (χ2n) is 2.82. The van der Waals surface area contributed by atoms with Gasteiger partial charge in [-0.25, -0.2) is 4.79 Å². The summed E-state index contributed by atoms with van der Waals surface area (Å²) >= 11 is 11.6. The Morgan fingerprint density at radius 3 is 2.67 bits per heavy atom. The maximum Gasteiger partial charge on any atom is 0.330 e. The fourth-order valence-electron chi connectivity index (χ4n) is 0.996. The zero-order valence-electron chi connectivity index (χ0n) is 7.71. The minimum absolute atomic E-state index is 0.371. The number of hydrogen-bond acceptors (Lipinski definition) is 2. The second-order valence-corrected chi connectivity index (χ2v) is 3.66. The standard InChI is InChI=1S/C10H9Cl2NO2/c1-2-8(10(14)15)13-9-4-3-6(11)5-7(9)12/h2-5,8,13H,1H2,(H,14,15).